The first-order valence-electron chi connectivity index (χ1n) is 16.8. The van der Waals surface area contributed by atoms with E-state index in [0.717, 1.165) is 38.0 Å². The fourth-order valence-electron chi connectivity index (χ4n) is 5.70. The molecule has 0 aromatic carbocycles. The van der Waals surface area contributed by atoms with Gasteiger partial charge in [0, 0.05) is 42.5 Å². The second-order valence-corrected chi connectivity index (χ2v) is 14.3. The van der Waals surface area contributed by atoms with Gasteiger partial charge < -0.3 is 30.4 Å². The maximum atomic E-state index is 12.7. The molecular weight excluding hydrogens is 693 g/mol. The summed E-state index contributed by atoms with van der Waals surface area (Å²) in [7, 11) is 0. The Balaban J connectivity index is 0.859. The average molecular weight is 733 g/mol. The van der Waals surface area contributed by atoms with Crippen LogP contribution in [-0.4, -0.2) is 82.9 Å². The smallest absolute Gasteiger partial charge is 0.287 e. The summed E-state index contributed by atoms with van der Waals surface area (Å²) in [6.07, 6.45) is 2.04. The van der Waals surface area contributed by atoms with Crippen molar-refractivity contribution >= 4 is 46.3 Å². The number of hydrogen-bond donors (Lipinski definition) is 6. The van der Waals surface area contributed by atoms with Gasteiger partial charge in [0.05, 0.1) is 27.7 Å². The zero-order valence-corrected chi connectivity index (χ0v) is 29.9. The number of thiophene rings is 2. The van der Waals surface area contributed by atoms with Crippen molar-refractivity contribution in [1.29, 1.82) is 0 Å². The van der Waals surface area contributed by atoms with Crippen molar-refractivity contribution in [3.05, 3.63) is 81.2 Å². The maximum Gasteiger partial charge on any atom is 0.287 e. The highest BCUT2D eigenvalue weighted by Crippen LogP contribution is 2.36. The summed E-state index contributed by atoms with van der Waals surface area (Å²) in [4.78, 5) is 53.1. The Morgan fingerprint density at radius 1 is 0.804 bits per heavy atom. The minimum Gasteiger partial charge on any atom is -0.456 e. The van der Waals surface area contributed by atoms with Crippen molar-refractivity contribution in [2.24, 2.45) is 0 Å². The van der Waals surface area contributed by atoms with Crippen LogP contribution in [0, 0.1) is 13.8 Å². The topological polar surface area (TPSA) is 196 Å². The molecule has 4 amide bonds. The third-order valence-corrected chi connectivity index (χ3v) is 10.6. The lowest BCUT2D eigenvalue weighted by Gasteiger charge is -2.27. The molecule has 0 aliphatic carbocycles. The normalized spacial score (nSPS) is 15.7. The molecule has 1 aliphatic heterocycles. The number of hydrogen-bond acceptors (Lipinski definition) is 10. The lowest BCUT2D eigenvalue weighted by atomic mass is 9.96. The summed E-state index contributed by atoms with van der Waals surface area (Å²) < 4.78 is 11.4. The molecule has 0 radical (unpaired) electrons. The molecule has 2 atom stereocenters. The highest BCUT2D eigenvalue weighted by atomic mass is 32.1. The van der Waals surface area contributed by atoms with Crippen LogP contribution in [0.2, 0.25) is 0 Å². The summed E-state index contributed by atoms with van der Waals surface area (Å²) in [6.45, 7) is 5.66. The van der Waals surface area contributed by atoms with Gasteiger partial charge in [0.15, 0.2) is 17.1 Å². The van der Waals surface area contributed by atoms with E-state index in [1.807, 2.05) is 36.6 Å². The SMILES string of the molecule is Cc1cc(C)c(C(=O)NCCCNC(=O)c2cc(-c3ccc(C4CCC(C(=O)NCCCNC(=O)c5cc(-c6cccs6)[nH]n5)OC4)s3)[nH]n2)o1. The molecule has 5 aromatic rings. The molecule has 1 aliphatic rings. The molecule has 5 aromatic heterocycles. The van der Waals surface area contributed by atoms with Crippen LogP contribution in [0.3, 0.4) is 0 Å². The lowest BCUT2D eigenvalue weighted by molar-refractivity contribution is -0.136. The van der Waals surface area contributed by atoms with E-state index in [9.17, 15) is 19.2 Å². The number of aryl methyl sites for hydroxylation is 2. The predicted octanol–water partition coefficient (Wildman–Crippen LogP) is 4.55. The summed E-state index contributed by atoms with van der Waals surface area (Å²) in [6, 6.07) is 13.2. The van der Waals surface area contributed by atoms with Crippen LogP contribution < -0.4 is 21.3 Å². The Morgan fingerprint density at radius 3 is 2.04 bits per heavy atom. The molecule has 51 heavy (non-hydrogen) atoms. The van der Waals surface area contributed by atoms with E-state index < -0.39 is 6.10 Å². The molecule has 6 N–H and O–H groups in total. The standard InChI is InChI=1S/C35H40N8O6S2/c1-20-16-21(2)49-31(20)35(47)39-14-5-12-37-33(45)26-18-24(41-43-26)30-10-9-28(51-30)22-7-8-27(48-19-22)34(46)38-13-4-11-36-32(44)25-17-23(40-42-25)29-6-3-15-50-29/h3,6,9-10,15-18,22,27H,4-5,7-8,11-14,19H2,1-2H3,(H,36,44)(H,37,45)(H,38,46)(H,39,47)(H,40,42)(H,41,43). The van der Waals surface area contributed by atoms with Gasteiger partial charge in [-0.3, -0.25) is 29.4 Å². The van der Waals surface area contributed by atoms with Crippen molar-refractivity contribution in [3.63, 3.8) is 0 Å². The second-order valence-electron chi connectivity index (χ2n) is 12.2. The van der Waals surface area contributed by atoms with Crippen LogP contribution in [0.15, 0.2) is 52.3 Å². The summed E-state index contributed by atoms with van der Waals surface area (Å²) in [5, 5.41) is 27.5. The number of furan rings is 1. The van der Waals surface area contributed by atoms with E-state index in [1.165, 1.54) is 0 Å². The minimum atomic E-state index is -0.510. The third kappa shape index (κ3) is 9.19. The van der Waals surface area contributed by atoms with E-state index in [0.29, 0.717) is 69.3 Å². The number of nitrogens with zero attached hydrogens (tertiary/aromatic N) is 2. The molecule has 0 spiro atoms. The van der Waals surface area contributed by atoms with Gasteiger partial charge >= 0.3 is 0 Å². The number of aromatic nitrogens is 4. The first kappa shape index (κ1) is 35.8. The largest absolute Gasteiger partial charge is 0.456 e. The highest BCUT2D eigenvalue weighted by molar-refractivity contribution is 7.15. The van der Waals surface area contributed by atoms with Crippen molar-refractivity contribution in [2.45, 2.75) is 51.6 Å². The first-order chi connectivity index (χ1) is 24.7. The molecule has 0 saturated carbocycles. The number of nitrogens with one attached hydrogen (secondary N) is 6. The fourth-order valence-corrected chi connectivity index (χ4v) is 7.48. The Hall–Kier alpha value is -5.06. The van der Waals surface area contributed by atoms with Crippen LogP contribution in [0.1, 0.15) is 79.3 Å². The van der Waals surface area contributed by atoms with Gasteiger partial charge in [-0.2, -0.15) is 10.2 Å². The number of amides is 4. The van der Waals surface area contributed by atoms with Crippen LogP contribution in [0.4, 0.5) is 0 Å². The molecule has 268 valence electrons. The Labute approximate surface area is 302 Å². The molecular formula is C35H40N8O6S2. The number of carbonyl (C=O) groups is 4. The van der Waals surface area contributed by atoms with E-state index in [2.05, 4.69) is 47.7 Å². The summed E-state index contributed by atoms with van der Waals surface area (Å²) in [5.41, 5.74) is 2.94. The average Bonchev–Trinajstić information content (AvgIpc) is 3.98. The zero-order chi connectivity index (χ0) is 35.7. The monoisotopic (exact) mass is 732 g/mol. The number of aromatic amines is 2. The Bertz CT molecular complexity index is 1950. The van der Waals surface area contributed by atoms with E-state index in [4.69, 9.17) is 9.15 Å². The van der Waals surface area contributed by atoms with Gasteiger partial charge in [-0.1, -0.05) is 6.07 Å². The van der Waals surface area contributed by atoms with Gasteiger partial charge in [0.25, 0.3) is 17.7 Å². The van der Waals surface area contributed by atoms with E-state index in [1.54, 1.807) is 41.7 Å². The molecule has 2 unspecified atom stereocenters. The van der Waals surface area contributed by atoms with Gasteiger partial charge in [-0.15, -0.1) is 22.7 Å². The van der Waals surface area contributed by atoms with Gasteiger partial charge in [-0.05, 0) is 81.3 Å². The van der Waals surface area contributed by atoms with Crippen LogP contribution in [0.5, 0.6) is 0 Å². The zero-order valence-electron chi connectivity index (χ0n) is 28.3. The van der Waals surface area contributed by atoms with Crippen LogP contribution >= 0.6 is 22.7 Å². The fraction of sp³-hybridized carbons (Fsp3) is 0.371. The van der Waals surface area contributed by atoms with E-state index in [-0.39, 0.29) is 35.2 Å². The minimum absolute atomic E-state index is 0.147. The lowest BCUT2D eigenvalue weighted by Crippen LogP contribution is -2.40. The second kappa shape index (κ2) is 16.8. The van der Waals surface area contributed by atoms with Crippen molar-refractivity contribution < 1.29 is 28.3 Å². The number of ether oxygens (including phenoxy) is 1. The van der Waals surface area contributed by atoms with Crippen molar-refractivity contribution in [1.82, 2.24) is 41.7 Å². The third-order valence-electron chi connectivity index (χ3n) is 8.38. The molecule has 16 heteroatoms. The predicted molar refractivity (Wildman–Crippen MR) is 193 cm³/mol. The van der Waals surface area contributed by atoms with Crippen LogP contribution in [0.25, 0.3) is 21.1 Å². The molecule has 1 fully saturated rings. The van der Waals surface area contributed by atoms with Gasteiger partial charge in [0.1, 0.15) is 11.9 Å². The molecule has 1 saturated heterocycles. The van der Waals surface area contributed by atoms with Gasteiger partial charge in [-0.25, -0.2) is 0 Å². The van der Waals surface area contributed by atoms with Gasteiger partial charge in [0.2, 0.25) is 5.91 Å². The maximum absolute atomic E-state index is 12.7. The number of rotatable bonds is 15. The van der Waals surface area contributed by atoms with Crippen molar-refractivity contribution in [2.75, 3.05) is 32.8 Å². The quantitative estimate of drug-likeness (QED) is 0.0844. The Kier molecular flexibility index (Phi) is 11.8. The molecule has 0 bridgehead atoms. The summed E-state index contributed by atoms with van der Waals surface area (Å²) in [5.74, 6) is 0.174. The van der Waals surface area contributed by atoms with Crippen LogP contribution in [-0.2, 0) is 9.53 Å². The summed E-state index contributed by atoms with van der Waals surface area (Å²) >= 11 is 3.17. The Morgan fingerprint density at radius 2 is 1.45 bits per heavy atom. The number of carbonyl (C=O) groups excluding carboxylic acids is 4. The molecule has 14 nitrogen and oxygen atoms in total. The molecule has 6 heterocycles. The first-order valence-corrected chi connectivity index (χ1v) is 18.5. The molecule has 6 rings (SSSR count). The van der Waals surface area contributed by atoms with E-state index >= 15 is 0 Å². The van der Waals surface area contributed by atoms with Crippen molar-refractivity contribution in [3.8, 4) is 21.1 Å². The number of H-pyrrole nitrogens is 2. The highest BCUT2D eigenvalue weighted by Gasteiger charge is 2.29.